The molecule has 17 nitrogen and oxygen atoms in total. The van der Waals surface area contributed by atoms with Crippen LogP contribution in [0.2, 0.25) is 0 Å². The third-order valence-corrected chi connectivity index (χ3v) is 16.2. The van der Waals surface area contributed by atoms with Crippen molar-refractivity contribution < 1.29 is 87.2 Å². The molecule has 8 atom stereocenters. The Morgan fingerprint density at radius 1 is 0.658 bits per heavy atom. The number of aromatic hydroxyl groups is 2. The van der Waals surface area contributed by atoms with Gasteiger partial charge in [0, 0.05) is 45.2 Å². The zero-order chi connectivity index (χ0) is 57.1. The topological polar surface area (TPSA) is 297 Å². The number of nitrogens with zero attached hydrogens (tertiary/aromatic N) is 2. The lowest BCUT2D eigenvalue weighted by atomic mass is 9.57. The maximum Gasteiger partial charge on any atom is 0.255 e. The van der Waals surface area contributed by atoms with Gasteiger partial charge in [-0.2, -0.15) is 0 Å². The molecule has 0 aromatic heterocycles. The van der Waals surface area contributed by atoms with Crippen molar-refractivity contribution >= 4 is 46.3 Å². The van der Waals surface area contributed by atoms with Gasteiger partial charge < -0.3 is 46.6 Å². The number of nitrogens with two attached hydrogens (primary N) is 1. The summed E-state index contributed by atoms with van der Waals surface area (Å²) in [4.78, 5) is 80.9. The molecule has 0 heterocycles. The number of phenolic OH excluding ortho intramolecular Hbond substituents is 2. The third-order valence-electron chi connectivity index (χ3n) is 16.2. The molecule has 0 aliphatic heterocycles. The molecule has 21 heteroatoms. The van der Waals surface area contributed by atoms with E-state index in [1.807, 2.05) is 34.6 Å². The molecule has 2 saturated carbocycles. The number of hydrogen-bond donors (Lipinski definition) is 9. The summed E-state index contributed by atoms with van der Waals surface area (Å²) in [5.41, 5.74) is -4.88. The first-order valence-corrected chi connectivity index (χ1v) is 25.0. The first-order chi connectivity index (χ1) is 35.1. The number of phenols is 2. The highest BCUT2D eigenvalue weighted by atomic mass is 19.2. The summed E-state index contributed by atoms with van der Waals surface area (Å²) in [7, 11) is 5.97. The minimum Gasteiger partial charge on any atom is -0.508 e. The number of ketones is 5. The summed E-state index contributed by atoms with van der Waals surface area (Å²) in [5.74, 6) is -20.8. The molecule has 8 rings (SSSR count). The Labute approximate surface area is 435 Å². The molecule has 0 saturated heterocycles. The van der Waals surface area contributed by atoms with Gasteiger partial charge in [-0.1, -0.05) is 34.6 Å². The van der Waals surface area contributed by atoms with Gasteiger partial charge in [0.05, 0.1) is 23.2 Å². The molecule has 412 valence electrons. The quantitative estimate of drug-likeness (QED) is 0.104. The summed E-state index contributed by atoms with van der Waals surface area (Å²) >= 11 is 0. The molecule has 0 radical (unpaired) electrons. The van der Waals surface area contributed by atoms with Gasteiger partial charge in [-0.15, -0.1) is 0 Å². The Kier molecular flexibility index (Phi) is 15.0. The molecular formula is C55H65F4N3O14. The highest BCUT2D eigenvalue weighted by Gasteiger charge is 2.66. The highest BCUT2D eigenvalue weighted by Crippen LogP contribution is 2.56. The van der Waals surface area contributed by atoms with Gasteiger partial charge in [0.1, 0.15) is 45.7 Å². The van der Waals surface area contributed by atoms with E-state index in [9.17, 15) is 74.0 Å². The van der Waals surface area contributed by atoms with Crippen molar-refractivity contribution in [3.63, 3.8) is 0 Å². The molecule has 6 aliphatic rings. The smallest absolute Gasteiger partial charge is 0.255 e. The van der Waals surface area contributed by atoms with Crippen LogP contribution >= 0.6 is 0 Å². The highest BCUT2D eigenvalue weighted by molar-refractivity contribution is 6.26. The van der Waals surface area contributed by atoms with Crippen molar-refractivity contribution in [2.75, 3.05) is 28.2 Å². The number of aliphatic hydroxyl groups excluding tert-OH is 4. The fourth-order valence-electron chi connectivity index (χ4n) is 12.5. The van der Waals surface area contributed by atoms with Gasteiger partial charge in [-0.25, -0.2) is 17.6 Å². The maximum absolute atomic E-state index is 15.4. The van der Waals surface area contributed by atoms with E-state index in [4.69, 9.17) is 5.73 Å². The monoisotopic (exact) mass is 1070 g/mol. The van der Waals surface area contributed by atoms with Crippen LogP contribution in [-0.4, -0.2) is 137 Å². The number of likely N-dealkylation sites (N-methyl/N-ethyl adjacent to an activating group) is 2. The van der Waals surface area contributed by atoms with E-state index in [1.54, 1.807) is 0 Å². The Morgan fingerprint density at radius 2 is 1.04 bits per heavy atom. The van der Waals surface area contributed by atoms with Crippen LogP contribution in [-0.2, 0) is 54.5 Å². The van der Waals surface area contributed by atoms with Crippen LogP contribution in [0.25, 0.3) is 11.5 Å². The number of hydrogen-bond acceptors (Lipinski definition) is 16. The fraction of sp³-hybridized carbons (Fsp3) is 0.527. The van der Waals surface area contributed by atoms with Crippen LogP contribution in [0.5, 0.6) is 11.5 Å². The van der Waals surface area contributed by atoms with Crippen LogP contribution in [0, 0.1) is 58.3 Å². The van der Waals surface area contributed by atoms with Gasteiger partial charge in [0.25, 0.3) is 5.91 Å². The van der Waals surface area contributed by atoms with Crippen molar-refractivity contribution in [2.45, 2.75) is 123 Å². The number of carbonyl (C=O) groups excluding carboxylic acids is 6. The zero-order valence-corrected chi connectivity index (χ0v) is 43.9. The van der Waals surface area contributed by atoms with Crippen LogP contribution in [0.4, 0.5) is 17.6 Å². The number of benzene rings is 2. The first-order valence-electron chi connectivity index (χ1n) is 25.0. The number of fused-ring (bicyclic) bond motifs is 6. The number of primary amides is 1. The largest absolute Gasteiger partial charge is 0.508 e. The van der Waals surface area contributed by atoms with Gasteiger partial charge in [-0.05, 0) is 116 Å². The second-order valence-electron chi connectivity index (χ2n) is 23.1. The molecule has 1 amide bonds. The third kappa shape index (κ3) is 8.70. The van der Waals surface area contributed by atoms with Crippen molar-refractivity contribution in [3.8, 4) is 11.5 Å². The molecule has 6 aliphatic carbocycles. The zero-order valence-electron chi connectivity index (χ0n) is 43.9. The predicted molar refractivity (Wildman–Crippen MR) is 265 cm³/mol. The number of amides is 1. The lowest BCUT2D eigenvalue weighted by molar-refractivity contribution is -0.155. The lowest BCUT2D eigenvalue weighted by Crippen LogP contribution is -2.65. The summed E-state index contributed by atoms with van der Waals surface area (Å²) in [6.07, 6.45) is 0.484. The van der Waals surface area contributed by atoms with Crippen LogP contribution < -0.4 is 5.73 Å². The minimum absolute atomic E-state index is 0.0103. The van der Waals surface area contributed by atoms with E-state index < -0.39 is 167 Å². The summed E-state index contributed by atoms with van der Waals surface area (Å²) in [5, 5.41) is 89.3. The number of halogens is 4. The van der Waals surface area contributed by atoms with Crippen LogP contribution in [0.3, 0.4) is 0 Å². The maximum atomic E-state index is 15.4. The second-order valence-corrected chi connectivity index (χ2v) is 23.1. The van der Waals surface area contributed by atoms with E-state index >= 15 is 13.2 Å². The summed E-state index contributed by atoms with van der Waals surface area (Å²) in [6, 6.07) is -2.44. The summed E-state index contributed by atoms with van der Waals surface area (Å²) < 4.78 is 60.8. The van der Waals surface area contributed by atoms with Gasteiger partial charge in [0.15, 0.2) is 51.8 Å². The Bertz CT molecular complexity index is 3060. The first kappa shape index (κ1) is 57.3. The van der Waals surface area contributed by atoms with E-state index in [-0.39, 0.29) is 77.7 Å². The van der Waals surface area contributed by atoms with Gasteiger partial charge in [0.2, 0.25) is 11.6 Å². The van der Waals surface area contributed by atoms with Gasteiger partial charge >= 0.3 is 0 Å². The molecule has 10 N–H and O–H groups in total. The van der Waals surface area contributed by atoms with Crippen LogP contribution in [0.1, 0.15) is 107 Å². The van der Waals surface area contributed by atoms with Crippen molar-refractivity contribution in [2.24, 2.45) is 40.7 Å². The van der Waals surface area contributed by atoms with Crippen molar-refractivity contribution in [1.29, 1.82) is 0 Å². The van der Waals surface area contributed by atoms with Crippen molar-refractivity contribution in [3.05, 3.63) is 90.5 Å². The van der Waals surface area contributed by atoms with E-state index in [0.717, 1.165) is 6.92 Å². The Morgan fingerprint density at radius 3 is 1.39 bits per heavy atom. The number of carbonyl (C=O) groups is 6. The lowest BCUT2D eigenvalue weighted by Gasteiger charge is -2.50. The molecule has 0 bridgehead atoms. The number of rotatable bonds is 10. The Balaban J connectivity index is 0.000000221. The fourth-order valence-corrected chi connectivity index (χ4v) is 12.5. The second kappa shape index (κ2) is 19.9. The normalized spacial score (nSPS) is 27.3. The van der Waals surface area contributed by atoms with Gasteiger partial charge in [-0.3, -0.25) is 38.6 Å². The molecule has 0 unspecified atom stereocenters. The van der Waals surface area contributed by atoms with E-state index in [2.05, 4.69) is 0 Å². The SMILES string of the molecule is CC(=O)C1=C(O)[C@@]2(O)C(=O)C3=C(O)c4c(O)c(CCC(C)C)c(F)c(F)c4C[C@H]3C[C@H]2[C@H](N(C)C)C1=O.CN(C)[C@@H]1C(=O)C(C(N)=O)=C(O)[C@@]2(O)C(=O)C3=C(O)c4c(O)c(CCCC(C)(C)C)c(F)c(F)c4C[C@H]3C[C@@H]12. The predicted octanol–water partition coefficient (Wildman–Crippen LogP) is 5.55. The minimum atomic E-state index is -2.80. The molecule has 2 aromatic rings. The molecule has 2 fully saturated rings. The molecule has 0 spiro atoms. The standard InChI is InChI=1S/C28H34F2N2O7.C27H31F2NO7/c1-27(2,3)8-6-7-12-18(29)19(30)13-9-11-10-14-20(32(4)5)23(35)17(26(31)38)25(37)28(14,39)24(36)15(11)22(34)16(13)21(12)33;1-10(2)6-7-13-19(28)20(29)14-8-12-9-15-21(30(4)5)24(34)16(11(3)31)25(35)27(15,37)26(36)17(12)23(33)18(14)22(13)32/h11,14,20,33-34,37,39H,6-10H2,1-5H3,(H2,31,38);10,12,15,21,32-33,35,37H,6-9H2,1-5H3/t11-,14-,20-,28-;12-,15-,21-,27+/m00/s1. The Hall–Kier alpha value is -6.42. The van der Waals surface area contributed by atoms with Crippen LogP contribution in [0.15, 0.2) is 33.8 Å². The van der Waals surface area contributed by atoms with E-state index in [0.29, 0.717) is 19.3 Å². The average molecular weight is 1070 g/mol. The number of aliphatic hydroxyl groups is 6. The average Bonchev–Trinajstić information content (AvgIpc) is 3.31. The van der Waals surface area contributed by atoms with E-state index in [1.165, 1.54) is 38.0 Å². The van der Waals surface area contributed by atoms with Crippen molar-refractivity contribution in [1.82, 2.24) is 9.80 Å². The molecule has 2 aromatic carbocycles. The molecule has 76 heavy (non-hydrogen) atoms. The number of Topliss-reactive ketones (excluding diaryl/α,β-unsaturated/α-hetero) is 5. The summed E-state index contributed by atoms with van der Waals surface area (Å²) in [6.45, 7) is 10.7. The molecular weight excluding hydrogens is 1000 g/mol.